The van der Waals surface area contributed by atoms with Crippen LogP contribution in [0.1, 0.15) is 23.2 Å². The molecule has 86 valence electrons. The summed E-state index contributed by atoms with van der Waals surface area (Å²) in [6.45, 7) is 1.20. The fourth-order valence-electron chi connectivity index (χ4n) is 1.21. The van der Waals surface area contributed by atoms with Crippen LogP contribution in [0, 0.1) is 18.3 Å². The van der Waals surface area contributed by atoms with Gasteiger partial charge in [-0.05, 0) is 12.5 Å². The Labute approximate surface area is 90.6 Å². The van der Waals surface area contributed by atoms with Crippen LogP contribution in [-0.2, 0) is 10.0 Å². The maximum absolute atomic E-state index is 12.7. The van der Waals surface area contributed by atoms with Crippen molar-refractivity contribution >= 4 is 10.0 Å². The van der Waals surface area contributed by atoms with Crippen molar-refractivity contribution in [1.82, 2.24) is 4.98 Å². The van der Waals surface area contributed by atoms with E-state index in [1.54, 1.807) is 6.07 Å². The fourth-order valence-corrected chi connectivity index (χ4v) is 1.96. The highest BCUT2D eigenvalue weighted by atomic mass is 32.2. The van der Waals surface area contributed by atoms with Crippen LogP contribution < -0.4 is 5.14 Å². The van der Waals surface area contributed by atoms with Crippen molar-refractivity contribution in [3.63, 3.8) is 0 Å². The van der Waals surface area contributed by atoms with Gasteiger partial charge in [0.25, 0.3) is 6.43 Å². The van der Waals surface area contributed by atoms with E-state index in [0.29, 0.717) is 6.20 Å². The van der Waals surface area contributed by atoms with Gasteiger partial charge in [0, 0.05) is 11.8 Å². The first kappa shape index (κ1) is 12.5. The van der Waals surface area contributed by atoms with Crippen molar-refractivity contribution in [2.45, 2.75) is 18.2 Å². The summed E-state index contributed by atoms with van der Waals surface area (Å²) in [6, 6.07) is 1.59. The second-order valence-corrected chi connectivity index (χ2v) is 4.50. The number of nitrogens with zero attached hydrogens (tertiary/aromatic N) is 2. The number of hydrogen-bond acceptors (Lipinski definition) is 4. The van der Waals surface area contributed by atoms with Crippen LogP contribution in [0.4, 0.5) is 8.78 Å². The van der Waals surface area contributed by atoms with E-state index in [0.717, 1.165) is 0 Å². The third-order valence-electron chi connectivity index (χ3n) is 1.97. The second kappa shape index (κ2) is 4.11. The highest BCUT2D eigenvalue weighted by Crippen LogP contribution is 2.29. The van der Waals surface area contributed by atoms with E-state index >= 15 is 0 Å². The van der Waals surface area contributed by atoms with E-state index in [4.69, 9.17) is 10.4 Å². The SMILES string of the molecule is Cc1c(C#N)ncc(S(N)(=O)=O)c1C(F)F. The molecular weight excluding hydrogens is 240 g/mol. The molecular formula is C8H7F2N3O2S. The molecule has 0 aliphatic carbocycles. The summed E-state index contributed by atoms with van der Waals surface area (Å²) in [5.74, 6) is 0. The van der Waals surface area contributed by atoms with Gasteiger partial charge in [0.15, 0.2) is 0 Å². The molecule has 0 unspecified atom stereocenters. The van der Waals surface area contributed by atoms with Crippen molar-refractivity contribution in [2.75, 3.05) is 0 Å². The monoisotopic (exact) mass is 247 g/mol. The van der Waals surface area contributed by atoms with Gasteiger partial charge in [0.05, 0.1) is 0 Å². The summed E-state index contributed by atoms with van der Waals surface area (Å²) in [7, 11) is -4.28. The number of nitriles is 1. The van der Waals surface area contributed by atoms with Gasteiger partial charge in [-0.2, -0.15) is 5.26 Å². The molecule has 0 atom stereocenters. The van der Waals surface area contributed by atoms with Crippen LogP contribution in [0.25, 0.3) is 0 Å². The predicted octanol–water partition coefficient (Wildman–Crippen LogP) is 0.847. The van der Waals surface area contributed by atoms with Crippen molar-refractivity contribution in [3.8, 4) is 6.07 Å². The summed E-state index contributed by atoms with van der Waals surface area (Å²) in [6.07, 6.45) is -2.37. The Morgan fingerprint density at radius 3 is 2.50 bits per heavy atom. The topological polar surface area (TPSA) is 96.8 Å². The molecule has 0 aliphatic heterocycles. The lowest BCUT2D eigenvalue weighted by atomic mass is 10.1. The third-order valence-corrected chi connectivity index (χ3v) is 2.90. The van der Waals surface area contributed by atoms with Gasteiger partial charge in [-0.3, -0.25) is 0 Å². The molecule has 1 aromatic rings. The fraction of sp³-hybridized carbons (Fsp3) is 0.250. The molecule has 0 radical (unpaired) electrons. The van der Waals surface area contributed by atoms with Gasteiger partial charge < -0.3 is 0 Å². The number of aromatic nitrogens is 1. The van der Waals surface area contributed by atoms with Gasteiger partial charge >= 0.3 is 0 Å². The molecule has 16 heavy (non-hydrogen) atoms. The Hall–Kier alpha value is -1.59. The van der Waals surface area contributed by atoms with Crippen molar-refractivity contribution in [1.29, 1.82) is 5.26 Å². The second-order valence-electron chi connectivity index (χ2n) is 2.97. The molecule has 0 spiro atoms. The molecule has 0 saturated carbocycles. The summed E-state index contributed by atoms with van der Waals surface area (Å²) < 4.78 is 47.4. The molecule has 1 rings (SSSR count). The Bertz CT molecular complexity index is 563. The van der Waals surface area contributed by atoms with Gasteiger partial charge in [0.1, 0.15) is 16.7 Å². The Kier molecular flexibility index (Phi) is 3.21. The Morgan fingerprint density at radius 2 is 2.12 bits per heavy atom. The Morgan fingerprint density at radius 1 is 1.56 bits per heavy atom. The van der Waals surface area contributed by atoms with Crippen LogP contribution in [0.5, 0.6) is 0 Å². The van der Waals surface area contributed by atoms with E-state index in [1.807, 2.05) is 0 Å². The van der Waals surface area contributed by atoms with Crippen molar-refractivity contribution in [3.05, 3.63) is 23.0 Å². The van der Waals surface area contributed by atoms with Crippen LogP contribution >= 0.6 is 0 Å². The number of pyridine rings is 1. The summed E-state index contributed by atoms with van der Waals surface area (Å²) in [5, 5.41) is 13.4. The van der Waals surface area contributed by atoms with Gasteiger partial charge in [-0.25, -0.2) is 27.3 Å². The van der Waals surface area contributed by atoms with E-state index in [1.165, 1.54) is 6.92 Å². The highest BCUT2D eigenvalue weighted by Gasteiger charge is 2.25. The minimum Gasteiger partial charge on any atom is -0.244 e. The molecule has 0 amide bonds. The first-order valence-electron chi connectivity index (χ1n) is 3.99. The number of hydrogen-bond donors (Lipinski definition) is 1. The molecule has 1 aromatic heterocycles. The minimum absolute atomic E-state index is 0.177. The average molecular weight is 247 g/mol. The summed E-state index contributed by atoms with van der Waals surface area (Å²) in [4.78, 5) is 2.70. The molecule has 0 aliphatic rings. The molecule has 0 saturated heterocycles. The lowest BCUT2D eigenvalue weighted by Gasteiger charge is -2.10. The third kappa shape index (κ3) is 2.15. The molecule has 8 heteroatoms. The molecule has 0 fully saturated rings. The van der Waals surface area contributed by atoms with Gasteiger partial charge in [-0.1, -0.05) is 0 Å². The van der Waals surface area contributed by atoms with Gasteiger partial charge in [0.2, 0.25) is 10.0 Å². The van der Waals surface area contributed by atoms with E-state index in [-0.39, 0.29) is 11.3 Å². The first-order valence-corrected chi connectivity index (χ1v) is 5.54. The van der Waals surface area contributed by atoms with Crippen LogP contribution in [0.3, 0.4) is 0 Å². The number of sulfonamides is 1. The normalized spacial score (nSPS) is 11.5. The van der Waals surface area contributed by atoms with E-state index in [2.05, 4.69) is 4.98 Å². The van der Waals surface area contributed by atoms with Crippen LogP contribution in [0.15, 0.2) is 11.1 Å². The van der Waals surface area contributed by atoms with E-state index < -0.39 is 26.9 Å². The largest absolute Gasteiger partial charge is 0.265 e. The van der Waals surface area contributed by atoms with Crippen LogP contribution in [0.2, 0.25) is 0 Å². The summed E-state index contributed by atoms with van der Waals surface area (Å²) >= 11 is 0. The first-order chi connectivity index (χ1) is 7.29. The molecule has 0 aromatic carbocycles. The molecule has 0 bridgehead atoms. The number of alkyl halides is 2. The number of halogens is 2. The van der Waals surface area contributed by atoms with Crippen molar-refractivity contribution in [2.24, 2.45) is 5.14 Å². The average Bonchev–Trinajstić information content (AvgIpc) is 2.15. The lowest BCUT2D eigenvalue weighted by Crippen LogP contribution is -2.16. The maximum Gasteiger partial charge on any atom is 0.265 e. The molecule has 1 heterocycles. The van der Waals surface area contributed by atoms with Crippen molar-refractivity contribution < 1.29 is 17.2 Å². The quantitative estimate of drug-likeness (QED) is 0.837. The highest BCUT2D eigenvalue weighted by molar-refractivity contribution is 7.89. The minimum atomic E-state index is -4.28. The summed E-state index contributed by atoms with van der Waals surface area (Å²) in [5.41, 5.74) is -1.19. The number of primary sulfonamides is 1. The number of nitrogens with two attached hydrogens (primary N) is 1. The maximum atomic E-state index is 12.7. The Balaban J connectivity index is 3.69. The smallest absolute Gasteiger partial charge is 0.244 e. The zero-order valence-corrected chi connectivity index (χ0v) is 8.92. The zero-order valence-electron chi connectivity index (χ0n) is 8.11. The number of rotatable bonds is 2. The lowest BCUT2D eigenvalue weighted by molar-refractivity contribution is 0.147. The van der Waals surface area contributed by atoms with E-state index in [9.17, 15) is 17.2 Å². The van der Waals surface area contributed by atoms with Crippen LogP contribution in [-0.4, -0.2) is 13.4 Å². The molecule has 2 N–H and O–H groups in total. The zero-order chi connectivity index (χ0) is 12.5. The standard InChI is InChI=1S/C8H7F2N3O2S/c1-4-5(2-11)13-3-6(16(12,14)15)7(4)8(9)10/h3,8H,1H3,(H2,12,14,15). The van der Waals surface area contributed by atoms with Gasteiger partial charge in [-0.15, -0.1) is 0 Å². The molecule has 5 nitrogen and oxygen atoms in total. The predicted molar refractivity (Wildman–Crippen MR) is 50.0 cm³/mol.